The van der Waals surface area contributed by atoms with Gasteiger partial charge in [-0.05, 0) is 47.8 Å². The summed E-state index contributed by atoms with van der Waals surface area (Å²) in [6, 6.07) is 2.17. The molecule has 11 heavy (non-hydrogen) atoms. The normalized spacial score (nSPS) is 10.3. The summed E-state index contributed by atoms with van der Waals surface area (Å²) in [6.07, 6.45) is 0. The van der Waals surface area contributed by atoms with Crippen LogP contribution in [-0.4, -0.2) is 0 Å². The fraction of sp³-hybridized carbons (Fsp3) is 0.333. The summed E-state index contributed by atoms with van der Waals surface area (Å²) in [5.74, 6) is 0. The second-order valence-electron chi connectivity index (χ2n) is 2.93. The van der Waals surface area contributed by atoms with Gasteiger partial charge in [-0.2, -0.15) is 0 Å². The van der Waals surface area contributed by atoms with Gasteiger partial charge in [-0.3, -0.25) is 0 Å². The zero-order valence-corrected chi connectivity index (χ0v) is 8.75. The maximum Gasteiger partial charge on any atom is 0.145 e. The van der Waals surface area contributed by atoms with Crippen LogP contribution in [-0.2, 0) is 0 Å². The predicted molar refractivity (Wildman–Crippen MR) is 50.9 cm³/mol. The van der Waals surface area contributed by atoms with Crippen molar-refractivity contribution >= 4 is 21.6 Å². The van der Waals surface area contributed by atoms with E-state index in [-0.39, 0.29) is 0 Å². The molecule has 0 heterocycles. The first-order valence-corrected chi connectivity index (χ1v) is 4.41. The molecule has 1 aromatic carbocycles. The number of aryl methyl sites for hydroxylation is 2. The van der Waals surface area contributed by atoms with Crippen molar-refractivity contribution in [2.45, 2.75) is 20.8 Å². The van der Waals surface area contributed by atoms with E-state index in [0.29, 0.717) is 0 Å². The number of benzene rings is 1. The minimum absolute atomic E-state index is 1.10. The van der Waals surface area contributed by atoms with Gasteiger partial charge in [0.1, 0.15) is 5.69 Å². The number of hydrogen-bond donors (Lipinski definition) is 1. The van der Waals surface area contributed by atoms with Crippen LogP contribution in [0, 0.1) is 20.8 Å². The van der Waals surface area contributed by atoms with E-state index in [2.05, 4.69) is 48.5 Å². The molecule has 0 fully saturated rings. The van der Waals surface area contributed by atoms with Crippen LogP contribution in [0.2, 0.25) is 0 Å². The number of halogens is 1. The third-order valence-electron chi connectivity index (χ3n) is 2.09. The van der Waals surface area contributed by atoms with Crippen molar-refractivity contribution in [2.75, 3.05) is 0 Å². The molecular formula is C9H13BrN+. The van der Waals surface area contributed by atoms with Crippen LogP contribution in [0.1, 0.15) is 16.7 Å². The average Bonchev–Trinajstić information content (AvgIpc) is 1.97. The molecule has 2 heteroatoms. The van der Waals surface area contributed by atoms with Gasteiger partial charge in [0.25, 0.3) is 0 Å². The molecule has 0 aliphatic rings. The standard InChI is InChI=1S/C9H12BrN/c1-5-4-6(2)9(11)8(10)7(5)3/h4H,11H2,1-3H3/p+1. The lowest BCUT2D eigenvalue weighted by Crippen LogP contribution is -2.41. The third-order valence-corrected chi connectivity index (χ3v) is 3.17. The Bertz CT molecular complexity index is 266. The van der Waals surface area contributed by atoms with E-state index >= 15 is 0 Å². The second kappa shape index (κ2) is 2.95. The number of hydrogen-bond acceptors (Lipinski definition) is 0. The lowest BCUT2D eigenvalue weighted by atomic mass is 10.1. The first kappa shape index (κ1) is 8.75. The van der Waals surface area contributed by atoms with Gasteiger partial charge >= 0.3 is 0 Å². The molecule has 0 bridgehead atoms. The summed E-state index contributed by atoms with van der Waals surface area (Å²) in [4.78, 5) is 0. The van der Waals surface area contributed by atoms with Crippen molar-refractivity contribution < 1.29 is 5.73 Å². The zero-order valence-electron chi connectivity index (χ0n) is 7.16. The Morgan fingerprint density at radius 1 is 1.18 bits per heavy atom. The highest BCUT2D eigenvalue weighted by molar-refractivity contribution is 9.10. The van der Waals surface area contributed by atoms with Crippen molar-refractivity contribution in [2.24, 2.45) is 0 Å². The SMILES string of the molecule is Cc1cc(C)c([NH3+])c(Br)c1C. The van der Waals surface area contributed by atoms with E-state index in [1.165, 1.54) is 16.7 Å². The third kappa shape index (κ3) is 1.47. The van der Waals surface area contributed by atoms with E-state index in [4.69, 9.17) is 0 Å². The van der Waals surface area contributed by atoms with Crippen molar-refractivity contribution in [1.29, 1.82) is 0 Å². The molecule has 1 rings (SSSR count). The highest BCUT2D eigenvalue weighted by atomic mass is 79.9. The Morgan fingerprint density at radius 2 is 1.73 bits per heavy atom. The van der Waals surface area contributed by atoms with E-state index in [1.54, 1.807) is 0 Å². The van der Waals surface area contributed by atoms with Gasteiger partial charge < -0.3 is 5.73 Å². The molecule has 0 aliphatic carbocycles. The summed E-state index contributed by atoms with van der Waals surface area (Å²) in [5, 5.41) is 0. The molecule has 0 spiro atoms. The smallest absolute Gasteiger partial charge is 0.145 e. The largest absolute Gasteiger partial charge is 0.324 e. The minimum Gasteiger partial charge on any atom is -0.324 e. The van der Waals surface area contributed by atoms with Gasteiger partial charge in [-0.15, -0.1) is 0 Å². The van der Waals surface area contributed by atoms with Crippen molar-refractivity contribution in [1.82, 2.24) is 0 Å². The number of quaternary nitrogens is 1. The molecule has 0 aromatic heterocycles. The van der Waals surface area contributed by atoms with Crippen LogP contribution in [0.5, 0.6) is 0 Å². The van der Waals surface area contributed by atoms with Crippen LogP contribution in [0.25, 0.3) is 0 Å². The molecule has 60 valence electrons. The Morgan fingerprint density at radius 3 is 2.27 bits per heavy atom. The quantitative estimate of drug-likeness (QED) is 0.687. The number of rotatable bonds is 0. The van der Waals surface area contributed by atoms with Crippen molar-refractivity contribution in [3.05, 3.63) is 27.2 Å². The summed E-state index contributed by atoms with van der Waals surface area (Å²) in [5.41, 5.74) is 8.94. The summed E-state index contributed by atoms with van der Waals surface area (Å²) >= 11 is 3.52. The fourth-order valence-corrected chi connectivity index (χ4v) is 1.72. The molecule has 0 saturated carbocycles. The molecule has 1 aromatic rings. The highest BCUT2D eigenvalue weighted by Crippen LogP contribution is 2.27. The molecule has 0 aliphatic heterocycles. The van der Waals surface area contributed by atoms with Gasteiger partial charge in [0.05, 0.1) is 4.47 Å². The zero-order chi connectivity index (χ0) is 8.59. The summed E-state index contributed by atoms with van der Waals surface area (Å²) in [6.45, 7) is 6.31. The summed E-state index contributed by atoms with van der Waals surface area (Å²) in [7, 11) is 0. The molecular weight excluding hydrogens is 202 g/mol. The monoisotopic (exact) mass is 214 g/mol. The van der Waals surface area contributed by atoms with Gasteiger partial charge in [0.15, 0.2) is 0 Å². The van der Waals surface area contributed by atoms with Crippen LogP contribution in [0.4, 0.5) is 5.69 Å². The van der Waals surface area contributed by atoms with Gasteiger partial charge in [-0.25, -0.2) is 0 Å². The lowest BCUT2D eigenvalue weighted by molar-refractivity contribution is -0.256. The topological polar surface area (TPSA) is 27.6 Å². The van der Waals surface area contributed by atoms with Gasteiger partial charge in [0.2, 0.25) is 0 Å². The van der Waals surface area contributed by atoms with E-state index in [9.17, 15) is 0 Å². The van der Waals surface area contributed by atoms with Gasteiger partial charge in [-0.1, -0.05) is 6.07 Å². The van der Waals surface area contributed by atoms with E-state index in [1.807, 2.05) is 0 Å². The Balaban J connectivity index is 3.46. The Hall–Kier alpha value is -0.340. The van der Waals surface area contributed by atoms with E-state index in [0.717, 1.165) is 10.2 Å². The Kier molecular flexibility index (Phi) is 2.35. The van der Waals surface area contributed by atoms with Crippen molar-refractivity contribution in [3.63, 3.8) is 0 Å². The van der Waals surface area contributed by atoms with Crippen LogP contribution < -0.4 is 5.73 Å². The lowest BCUT2D eigenvalue weighted by Gasteiger charge is -2.05. The molecule has 0 saturated heterocycles. The predicted octanol–water partition coefficient (Wildman–Crippen LogP) is 2.25. The first-order chi connectivity index (χ1) is 5.04. The maximum atomic E-state index is 3.97. The van der Waals surface area contributed by atoms with Crippen LogP contribution in [0.3, 0.4) is 0 Å². The molecule has 0 atom stereocenters. The van der Waals surface area contributed by atoms with Crippen molar-refractivity contribution in [3.8, 4) is 0 Å². The second-order valence-corrected chi connectivity index (χ2v) is 3.72. The average molecular weight is 215 g/mol. The van der Waals surface area contributed by atoms with Gasteiger partial charge in [0, 0.05) is 5.56 Å². The first-order valence-electron chi connectivity index (χ1n) is 3.62. The maximum absolute atomic E-state index is 3.97. The summed E-state index contributed by atoms with van der Waals surface area (Å²) < 4.78 is 1.15. The Labute approximate surface area is 75.7 Å². The van der Waals surface area contributed by atoms with E-state index < -0.39 is 0 Å². The molecule has 0 unspecified atom stereocenters. The van der Waals surface area contributed by atoms with Crippen LogP contribution in [0.15, 0.2) is 10.5 Å². The minimum atomic E-state index is 1.10. The van der Waals surface area contributed by atoms with Crippen LogP contribution >= 0.6 is 15.9 Å². The molecule has 3 N–H and O–H groups in total. The molecule has 0 amide bonds. The highest BCUT2D eigenvalue weighted by Gasteiger charge is 2.08. The molecule has 0 radical (unpaired) electrons. The molecule has 1 nitrogen and oxygen atoms in total. The fourth-order valence-electron chi connectivity index (χ4n) is 1.09.